The van der Waals surface area contributed by atoms with Gasteiger partial charge in [0, 0.05) is 13.1 Å². The third kappa shape index (κ3) is 2.98. The third-order valence-corrected chi connectivity index (χ3v) is 5.14. The molecule has 3 heterocycles. The van der Waals surface area contributed by atoms with E-state index in [1.54, 1.807) is 0 Å². The molecule has 0 saturated heterocycles. The van der Waals surface area contributed by atoms with E-state index >= 15 is 0 Å². The van der Waals surface area contributed by atoms with Crippen molar-refractivity contribution in [1.82, 2.24) is 19.8 Å². The zero-order chi connectivity index (χ0) is 17.3. The van der Waals surface area contributed by atoms with Crippen LogP contribution in [0, 0.1) is 0 Å². The van der Waals surface area contributed by atoms with Gasteiger partial charge in [-0.05, 0) is 22.3 Å². The van der Waals surface area contributed by atoms with E-state index < -0.39 is 0 Å². The lowest BCUT2D eigenvalue weighted by atomic mass is 10.1. The van der Waals surface area contributed by atoms with Crippen LogP contribution in [0.25, 0.3) is 0 Å². The van der Waals surface area contributed by atoms with Crippen LogP contribution in [0.4, 0.5) is 0 Å². The van der Waals surface area contributed by atoms with E-state index in [4.69, 9.17) is 0 Å². The molecule has 3 aliphatic rings. The third-order valence-electron chi connectivity index (χ3n) is 5.14. The van der Waals surface area contributed by atoms with Crippen molar-refractivity contribution in [3.05, 3.63) is 70.8 Å². The van der Waals surface area contributed by atoms with Gasteiger partial charge < -0.3 is 9.80 Å². The minimum absolute atomic E-state index is 0.825. The lowest BCUT2D eigenvalue weighted by Crippen LogP contribution is -2.30. The van der Waals surface area contributed by atoms with Gasteiger partial charge in [-0.1, -0.05) is 48.5 Å². The Balaban J connectivity index is 1.48. The maximum absolute atomic E-state index is 4.61. The second kappa shape index (κ2) is 6.37. The van der Waals surface area contributed by atoms with Crippen LogP contribution in [0.15, 0.2) is 58.7 Å². The summed E-state index contributed by atoms with van der Waals surface area (Å²) in [5, 5.41) is 13.5. The Kier molecular flexibility index (Phi) is 3.74. The molecule has 0 amide bonds. The van der Waals surface area contributed by atoms with Crippen molar-refractivity contribution in [3.8, 4) is 0 Å². The lowest BCUT2D eigenvalue weighted by Gasteiger charge is -2.25. The summed E-state index contributed by atoms with van der Waals surface area (Å²) in [6.45, 7) is 5.07. The first-order chi connectivity index (χ1) is 12.8. The summed E-state index contributed by atoms with van der Waals surface area (Å²) in [6.07, 6.45) is 3.94. The van der Waals surface area contributed by atoms with Crippen LogP contribution in [-0.4, -0.2) is 45.8 Å². The van der Waals surface area contributed by atoms with Crippen LogP contribution in [-0.2, 0) is 26.2 Å². The summed E-state index contributed by atoms with van der Waals surface area (Å²) in [5.41, 5.74) is 5.34. The van der Waals surface area contributed by atoms with Gasteiger partial charge in [-0.3, -0.25) is 10.0 Å². The zero-order valence-corrected chi connectivity index (χ0v) is 14.7. The molecule has 0 aliphatic carbocycles. The van der Waals surface area contributed by atoms with E-state index in [-0.39, 0.29) is 0 Å². The highest BCUT2D eigenvalue weighted by atomic mass is 15.6. The molecule has 0 unspecified atom stereocenters. The van der Waals surface area contributed by atoms with Crippen LogP contribution < -0.4 is 0 Å². The first kappa shape index (κ1) is 15.3. The number of benzene rings is 2. The standard InChI is InChI=1S/C20H22N6/c1-2-6-18-10-24-14-22-26(16-24)12-20-8-4-3-7-19(20)11-25-15-23(13-21-25)9-17(18)5-1/h1-8,13-14H,9-12,15-16H2. The molecular weight excluding hydrogens is 324 g/mol. The molecule has 0 aromatic heterocycles. The first-order valence-corrected chi connectivity index (χ1v) is 9.03. The molecule has 0 radical (unpaired) electrons. The van der Waals surface area contributed by atoms with E-state index in [9.17, 15) is 0 Å². The van der Waals surface area contributed by atoms with Gasteiger partial charge in [0.2, 0.25) is 0 Å². The summed E-state index contributed by atoms with van der Waals surface area (Å²) in [7, 11) is 0. The van der Waals surface area contributed by atoms with Crippen LogP contribution >= 0.6 is 0 Å². The lowest BCUT2D eigenvalue weighted by molar-refractivity contribution is 0.209. The number of fused-ring (bicyclic) bond motifs is 6. The monoisotopic (exact) mass is 346 g/mol. The van der Waals surface area contributed by atoms with Gasteiger partial charge in [-0.2, -0.15) is 10.2 Å². The predicted octanol–water partition coefficient (Wildman–Crippen LogP) is 2.44. The van der Waals surface area contributed by atoms with Gasteiger partial charge in [-0.25, -0.2) is 0 Å². The highest BCUT2D eigenvalue weighted by Gasteiger charge is 2.21. The number of nitrogens with zero attached hydrogens (tertiary/aromatic N) is 6. The molecule has 0 atom stereocenters. The summed E-state index contributed by atoms with van der Waals surface area (Å²) < 4.78 is 0. The first-order valence-electron chi connectivity index (χ1n) is 9.03. The number of rotatable bonds is 0. The van der Waals surface area contributed by atoms with Gasteiger partial charge in [-0.15, -0.1) is 0 Å². The van der Waals surface area contributed by atoms with E-state index in [0.717, 1.165) is 39.5 Å². The van der Waals surface area contributed by atoms with Crippen molar-refractivity contribution in [1.29, 1.82) is 0 Å². The fraction of sp³-hybridized carbons (Fsp3) is 0.300. The van der Waals surface area contributed by atoms with E-state index in [2.05, 4.69) is 78.6 Å². The quantitative estimate of drug-likeness (QED) is 0.734. The van der Waals surface area contributed by atoms with Crippen molar-refractivity contribution in [2.75, 3.05) is 13.3 Å². The van der Waals surface area contributed by atoms with Gasteiger partial charge in [0.15, 0.2) is 0 Å². The van der Waals surface area contributed by atoms with Crippen LogP contribution in [0.2, 0.25) is 0 Å². The number of hydrogen-bond donors (Lipinski definition) is 0. The molecule has 0 spiro atoms. The molecule has 3 aliphatic heterocycles. The Labute approximate surface area is 153 Å². The van der Waals surface area contributed by atoms with Crippen molar-refractivity contribution in [2.24, 2.45) is 10.2 Å². The molecule has 2 aromatic carbocycles. The summed E-state index contributed by atoms with van der Waals surface area (Å²) in [4.78, 5) is 4.55. The summed E-state index contributed by atoms with van der Waals surface area (Å²) in [5.74, 6) is 0. The number of hydrazone groups is 2. The highest BCUT2D eigenvalue weighted by molar-refractivity contribution is 5.58. The maximum Gasteiger partial charge on any atom is 0.113 e. The molecule has 6 nitrogen and oxygen atoms in total. The Morgan fingerprint density at radius 3 is 1.35 bits per heavy atom. The topological polar surface area (TPSA) is 37.7 Å². The van der Waals surface area contributed by atoms with Crippen LogP contribution in [0.1, 0.15) is 22.3 Å². The molecule has 6 heteroatoms. The average molecular weight is 346 g/mol. The zero-order valence-electron chi connectivity index (χ0n) is 14.7. The van der Waals surface area contributed by atoms with Crippen molar-refractivity contribution < 1.29 is 0 Å². The molecule has 0 fully saturated rings. The van der Waals surface area contributed by atoms with Crippen LogP contribution in [0.5, 0.6) is 0 Å². The van der Waals surface area contributed by atoms with Gasteiger partial charge >= 0.3 is 0 Å². The SMILES string of the molecule is C1=NN2Cc3ccccc3CN3CN(C=N3)Cc3ccccc3CN1C2. The fourth-order valence-corrected chi connectivity index (χ4v) is 3.78. The predicted molar refractivity (Wildman–Crippen MR) is 102 cm³/mol. The Hall–Kier alpha value is -3.02. The Morgan fingerprint density at radius 2 is 0.923 bits per heavy atom. The molecule has 2 aromatic rings. The van der Waals surface area contributed by atoms with Crippen molar-refractivity contribution in [2.45, 2.75) is 26.2 Å². The highest BCUT2D eigenvalue weighted by Crippen LogP contribution is 2.21. The minimum Gasteiger partial charge on any atom is -0.338 e. The Bertz CT molecular complexity index is 723. The average Bonchev–Trinajstić information content (AvgIpc) is 3.27. The number of hydrogen-bond acceptors (Lipinski definition) is 6. The van der Waals surface area contributed by atoms with Crippen LogP contribution in [0.3, 0.4) is 0 Å². The molecule has 26 heavy (non-hydrogen) atoms. The summed E-state index contributed by atoms with van der Waals surface area (Å²) >= 11 is 0. The molecular formula is C20H22N6. The maximum atomic E-state index is 4.61. The molecule has 132 valence electrons. The molecule has 0 N–H and O–H groups in total. The van der Waals surface area contributed by atoms with E-state index in [1.807, 2.05) is 12.7 Å². The molecule has 0 saturated carbocycles. The minimum atomic E-state index is 0.825. The van der Waals surface area contributed by atoms with Gasteiger partial charge in [0.05, 0.1) is 13.1 Å². The van der Waals surface area contributed by atoms with Gasteiger partial charge in [0.25, 0.3) is 0 Å². The second-order valence-corrected chi connectivity index (χ2v) is 7.11. The largest absolute Gasteiger partial charge is 0.338 e. The summed E-state index contributed by atoms with van der Waals surface area (Å²) in [6, 6.07) is 17.3. The van der Waals surface area contributed by atoms with E-state index in [0.29, 0.717) is 0 Å². The smallest absolute Gasteiger partial charge is 0.113 e. The molecule has 4 bridgehead atoms. The van der Waals surface area contributed by atoms with Gasteiger partial charge in [0.1, 0.15) is 26.0 Å². The fourth-order valence-electron chi connectivity index (χ4n) is 3.78. The Morgan fingerprint density at radius 1 is 0.538 bits per heavy atom. The van der Waals surface area contributed by atoms with Crippen molar-refractivity contribution in [3.63, 3.8) is 0 Å². The molecule has 5 rings (SSSR count). The van der Waals surface area contributed by atoms with E-state index in [1.165, 1.54) is 22.3 Å². The normalized spacial score (nSPS) is 18.8. The van der Waals surface area contributed by atoms with Crippen molar-refractivity contribution >= 4 is 12.7 Å². The second-order valence-electron chi connectivity index (χ2n) is 7.11.